The van der Waals surface area contributed by atoms with E-state index >= 15 is 0 Å². The summed E-state index contributed by atoms with van der Waals surface area (Å²) in [7, 11) is 0. The van der Waals surface area contributed by atoms with Crippen molar-refractivity contribution in [2.75, 3.05) is 72.7 Å². The van der Waals surface area contributed by atoms with Crippen LogP contribution in [0, 0.1) is 0 Å². The number of hydrogen-bond acceptors (Lipinski definition) is 6. The van der Waals surface area contributed by atoms with E-state index in [4.69, 9.17) is 28.4 Å². The average Bonchev–Trinajstić information content (AvgIpc) is 2.90. The van der Waals surface area contributed by atoms with Crippen LogP contribution in [0.1, 0.15) is 83.6 Å². The Bertz CT molecular complexity index is 551. The van der Waals surface area contributed by atoms with E-state index in [2.05, 4.69) is 38.1 Å². The van der Waals surface area contributed by atoms with E-state index in [1.165, 1.54) is 63.4 Å². The van der Waals surface area contributed by atoms with Crippen molar-refractivity contribution in [3.63, 3.8) is 0 Å². The highest BCUT2D eigenvalue weighted by Crippen LogP contribution is 2.15. The van der Waals surface area contributed by atoms with Crippen molar-refractivity contribution in [1.29, 1.82) is 0 Å². The molecule has 0 saturated carbocycles. The second-order valence-corrected chi connectivity index (χ2v) is 9.13. The molecule has 1 aromatic rings. The van der Waals surface area contributed by atoms with Crippen LogP contribution in [-0.2, 0) is 30.1 Å². The van der Waals surface area contributed by atoms with Gasteiger partial charge in [-0.25, -0.2) is 0 Å². The summed E-state index contributed by atoms with van der Waals surface area (Å²) in [6.07, 6.45) is 14.1. The van der Waals surface area contributed by atoms with Crippen LogP contribution in [0.4, 0.5) is 0 Å². The van der Waals surface area contributed by atoms with Crippen LogP contribution in [0.15, 0.2) is 24.3 Å². The maximum Gasteiger partial charge on any atom is 0.119 e. The first-order chi connectivity index (χ1) is 17.9. The van der Waals surface area contributed by atoms with Crippen molar-refractivity contribution in [3.05, 3.63) is 29.8 Å². The fourth-order valence-corrected chi connectivity index (χ4v) is 3.69. The minimum Gasteiger partial charge on any atom is -0.491 e. The molecule has 0 heterocycles. The van der Waals surface area contributed by atoms with Crippen LogP contribution in [-0.4, -0.2) is 72.7 Å². The topological polar surface area (TPSA) is 55.4 Å². The minimum absolute atomic E-state index is 0.545. The van der Waals surface area contributed by atoms with Gasteiger partial charge in [-0.3, -0.25) is 0 Å². The highest BCUT2D eigenvalue weighted by molar-refractivity contribution is 5.27. The van der Waals surface area contributed by atoms with Crippen molar-refractivity contribution in [2.24, 2.45) is 0 Å². The number of hydrogen-bond donors (Lipinski definition) is 0. The molecule has 0 unspecified atom stereocenters. The molecule has 0 radical (unpaired) electrons. The van der Waals surface area contributed by atoms with E-state index in [9.17, 15) is 0 Å². The summed E-state index contributed by atoms with van der Waals surface area (Å²) in [6.45, 7) is 11.1. The average molecular weight is 511 g/mol. The lowest BCUT2D eigenvalue weighted by Crippen LogP contribution is -2.14. The van der Waals surface area contributed by atoms with Crippen LogP contribution in [0.2, 0.25) is 0 Å². The van der Waals surface area contributed by atoms with Crippen LogP contribution >= 0.6 is 0 Å². The molecule has 0 amide bonds. The van der Waals surface area contributed by atoms with Gasteiger partial charge in [0.25, 0.3) is 0 Å². The molecule has 0 aliphatic carbocycles. The SMILES string of the molecule is CCCCCCCCc1ccc(OCCOCCOCCOCCOCCOCCCCCC)cc1. The molecule has 6 heteroatoms. The molecule has 36 heavy (non-hydrogen) atoms. The third kappa shape index (κ3) is 22.1. The molecule has 0 saturated heterocycles. The predicted molar refractivity (Wildman–Crippen MR) is 147 cm³/mol. The van der Waals surface area contributed by atoms with Gasteiger partial charge in [0.05, 0.1) is 59.5 Å². The zero-order valence-corrected chi connectivity index (χ0v) is 23.3. The lowest BCUT2D eigenvalue weighted by Gasteiger charge is -2.09. The first-order valence-electron chi connectivity index (χ1n) is 14.5. The highest BCUT2D eigenvalue weighted by atomic mass is 16.6. The lowest BCUT2D eigenvalue weighted by molar-refractivity contribution is -0.0128. The van der Waals surface area contributed by atoms with Crippen molar-refractivity contribution in [2.45, 2.75) is 84.5 Å². The molecule has 6 nitrogen and oxygen atoms in total. The van der Waals surface area contributed by atoms with Crippen LogP contribution in [0.25, 0.3) is 0 Å². The number of ether oxygens (including phenoxy) is 6. The van der Waals surface area contributed by atoms with Crippen molar-refractivity contribution in [3.8, 4) is 5.75 Å². The van der Waals surface area contributed by atoms with Gasteiger partial charge in [0.1, 0.15) is 12.4 Å². The second-order valence-electron chi connectivity index (χ2n) is 9.13. The van der Waals surface area contributed by atoms with E-state index < -0.39 is 0 Å². The summed E-state index contributed by atoms with van der Waals surface area (Å²) in [5.41, 5.74) is 1.39. The first-order valence-corrected chi connectivity index (χ1v) is 14.5. The monoisotopic (exact) mass is 510 g/mol. The fourth-order valence-electron chi connectivity index (χ4n) is 3.69. The smallest absolute Gasteiger partial charge is 0.119 e. The lowest BCUT2D eigenvalue weighted by atomic mass is 10.0. The molecule has 0 N–H and O–H groups in total. The summed E-state index contributed by atoms with van der Waals surface area (Å²) in [6, 6.07) is 8.47. The zero-order chi connectivity index (χ0) is 25.8. The molecule has 0 aliphatic rings. The normalized spacial score (nSPS) is 11.3. The van der Waals surface area contributed by atoms with Gasteiger partial charge < -0.3 is 28.4 Å². The summed E-state index contributed by atoms with van der Waals surface area (Å²) in [5.74, 6) is 0.901. The third-order valence-electron chi connectivity index (χ3n) is 5.87. The summed E-state index contributed by atoms with van der Waals surface area (Å²) < 4.78 is 33.4. The van der Waals surface area contributed by atoms with Gasteiger partial charge in [0, 0.05) is 6.61 Å². The van der Waals surface area contributed by atoms with Crippen molar-refractivity contribution in [1.82, 2.24) is 0 Å². The van der Waals surface area contributed by atoms with E-state index in [0.717, 1.165) is 25.2 Å². The first kappa shape index (κ1) is 32.8. The van der Waals surface area contributed by atoms with Gasteiger partial charge in [-0.1, -0.05) is 77.3 Å². The Hall–Kier alpha value is -1.18. The van der Waals surface area contributed by atoms with Crippen LogP contribution in [0.3, 0.4) is 0 Å². The van der Waals surface area contributed by atoms with Crippen molar-refractivity contribution >= 4 is 0 Å². The summed E-state index contributed by atoms with van der Waals surface area (Å²) in [4.78, 5) is 0. The van der Waals surface area contributed by atoms with Gasteiger partial charge >= 0.3 is 0 Å². The van der Waals surface area contributed by atoms with Gasteiger partial charge in [-0.05, 0) is 37.0 Å². The number of unbranched alkanes of at least 4 members (excludes halogenated alkanes) is 8. The van der Waals surface area contributed by atoms with Crippen molar-refractivity contribution < 1.29 is 28.4 Å². The summed E-state index contributed by atoms with van der Waals surface area (Å²) in [5, 5.41) is 0. The van der Waals surface area contributed by atoms with Gasteiger partial charge in [-0.15, -0.1) is 0 Å². The van der Waals surface area contributed by atoms with Crippen LogP contribution in [0.5, 0.6) is 5.75 Å². The number of rotatable bonds is 28. The Labute approximate surface area is 221 Å². The fraction of sp³-hybridized carbons (Fsp3) is 0.800. The Morgan fingerprint density at radius 2 is 0.833 bits per heavy atom. The highest BCUT2D eigenvalue weighted by Gasteiger charge is 1.98. The quantitative estimate of drug-likeness (QED) is 0.118. The molecule has 0 spiro atoms. The summed E-state index contributed by atoms with van der Waals surface area (Å²) >= 11 is 0. The maximum absolute atomic E-state index is 5.76. The third-order valence-corrected chi connectivity index (χ3v) is 5.87. The molecular weight excluding hydrogens is 456 g/mol. The molecule has 0 atom stereocenters. The Morgan fingerprint density at radius 1 is 0.417 bits per heavy atom. The number of aryl methyl sites for hydroxylation is 1. The molecule has 1 rings (SSSR count). The van der Waals surface area contributed by atoms with Gasteiger partial charge in [0.2, 0.25) is 0 Å². The Balaban J connectivity index is 1.78. The molecule has 0 bridgehead atoms. The Morgan fingerprint density at radius 3 is 1.36 bits per heavy atom. The minimum atomic E-state index is 0.545. The van der Waals surface area contributed by atoms with E-state index in [-0.39, 0.29) is 0 Å². The molecule has 0 fully saturated rings. The van der Waals surface area contributed by atoms with E-state index in [1.54, 1.807) is 0 Å². The Kier molecular flexibility index (Phi) is 24.5. The maximum atomic E-state index is 5.76. The standard InChI is InChI=1S/C30H54O6/c1-3-5-7-9-10-11-13-29-14-16-30(17-15-29)36-28-27-35-26-25-34-24-23-33-22-21-32-20-19-31-18-12-8-6-4-2/h14-17H,3-13,18-28H2,1-2H3. The molecular formula is C30H54O6. The van der Waals surface area contributed by atoms with Gasteiger partial charge in [0.15, 0.2) is 0 Å². The molecule has 210 valence electrons. The number of benzene rings is 1. The van der Waals surface area contributed by atoms with Crippen LogP contribution < -0.4 is 4.74 Å². The predicted octanol–water partition coefficient (Wildman–Crippen LogP) is 6.63. The van der Waals surface area contributed by atoms with E-state index in [0.29, 0.717) is 66.1 Å². The molecule has 1 aromatic carbocycles. The zero-order valence-electron chi connectivity index (χ0n) is 23.3. The largest absolute Gasteiger partial charge is 0.491 e. The second kappa shape index (κ2) is 26.9. The van der Waals surface area contributed by atoms with E-state index in [1.807, 2.05) is 0 Å². The molecule has 0 aromatic heterocycles. The molecule has 0 aliphatic heterocycles. The van der Waals surface area contributed by atoms with Gasteiger partial charge in [-0.2, -0.15) is 0 Å².